The average Bonchev–Trinajstić information content (AvgIpc) is 2.83. The third kappa shape index (κ3) is 5.18. The minimum Gasteiger partial charge on any atom is -0.481 e. The molecule has 2 heterocycles. The Morgan fingerprint density at radius 1 is 1.17 bits per heavy atom. The second kappa shape index (κ2) is 9.85. The van der Waals surface area contributed by atoms with E-state index in [2.05, 4.69) is 9.72 Å². The number of pyridine rings is 1. The van der Waals surface area contributed by atoms with E-state index in [-0.39, 0.29) is 22.7 Å². The monoisotopic (exact) mass is 522 g/mol. The van der Waals surface area contributed by atoms with Gasteiger partial charge in [0, 0.05) is 30.3 Å². The summed E-state index contributed by atoms with van der Waals surface area (Å²) in [5, 5.41) is 0.891. The predicted octanol–water partition coefficient (Wildman–Crippen LogP) is 4.41. The van der Waals surface area contributed by atoms with Crippen molar-refractivity contribution in [2.45, 2.75) is 25.4 Å². The first-order valence-electron chi connectivity index (χ1n) is 11.0. The third-order valence-corrected chi connectivity index (χ3v) is 6.32. The molecule has 11 heteroatoms. The first-order valence-corrected chi connectivity index (χ1v) is 11.4. The number of esters is 1. The van der Waals surface area contributed by atoms with Crippen molar-refractivity contribution in [3.63, 3.8) is 0 Å². The zero-order chi connectivity index (χ0) is 26.2. The van der Waals surface area contributed by atoms with Crippen LogP contribution in [0.15, 0.2) is 47.4 Å². The summed E-state index contributed by atoms with van der Waals surface area (Å²) in [7, 11) is 1.10. The molecule has 1 saturated heterocycles. The number of methoxy groups -OCH3 is 1. The molecule has 1 aliphatic rings. The number of alkyl halides is 2. The summed E-state index contributed by atoms with van der Waals surface area (Å²) in [6, 6.07) is 8.43. The highest BCUT2D eigenvalue weighted by Gasteiger charge is 2.45. The summed E-state index contributed by atoms with van der Waals surface area (Å²) in [6.07, 6.45) is -0.416. The van der Waals surface area contributed by atoms with Gasteiger partial charge in [0.15, 0.2) is 6.10 Å². The van der Waals surface area contributed by atoms with E-state index in [9.17, 15) is 27.6 Å². The highest BCUT2D eigenvalue weighted by atomic mass is 35.5. The number of ether oxygens (including phenoxy) is 2. The molecule has 7 nitrogen and oxygen atoms in total. The first-order chi connectivity index (χ1) is 17.0. The molecule has 2 aromatic carbocycles. The topological polar surface area (TPSA) is 88.7 Å². The van der Waals surface area contributed by atoms with Gasteiger partial charge in [0.25, 0.3) is 17.4 Å². The van der Waals surface area contributed by atoms with Crippen LogP contribution in [0.3, 0.4) is 0 Å². The molecule has 190 valence electrons. The summed E-state index contributed by atoms with van der Waals surface area (Å²) >= 11 is 6.19. The van der Waals surface area contributed by atoms with Crippen LogP contribution in [0, 0.1) is 11.7 Å². The lowest BCUT2D eigenvalue weighted by Gasteiger charge is -2.37. The van der Waals surface area contributed by atoms with Crippen molar-refractivity contribution in [3.8, 4) is 16.9 Å². The summed E-state index contributed by atoms with van der Waals surface area (Å²) in [5.74, 6) is -6.29. The number of likely N-dealkylation sites (tertiary alicyclic amines) is 1. The highest BCUT2D eigenvalue weighted by molar-refractivity contribution is 6.33. The van der Waals surface area contributed by atoms with Crippen molar-refractivity contribution in [3.05, 3.63) is 63.8 Å². The van der Waals surface area contributed by atoms with Gasteiger partial charge in [0.1, 0.15) is 11.6 Å². The van der Waals surface area contributed by atoms with E-state index in [4.69, 9.17) is 16.3 Å². The average molecular weight is 523 g/mol. The zero-order valence-electron chi connectivity index (χ0n) is 19.3. The molecule has 1 amide bonds. The molecule has 0 aliphatic carbocycles. The Morgan fingerprint density at radius 3 is 2.61 bits per heavy atom. The maximum Gasteiger partial charge on any atom is 0.310 e. The van der Waals surface area contributed by atoms with Gasteiger partial charge in [-0.15, -0.1) is 0 Å². The predicted molar refractivity (Wildman–Crippen MR) is 127 cm³/mol. The van der Waals surface area contributed by atoms with Crippen LogP contribution in [0.25, 0.3) is 21.9 Å². The molecule has 0 spiro atoms. The Balaban J connectivity index is 1.59. The number of piperidine rings is 1. The molecule has 4 rings (SSSR count). The second-order valence-corrected chi connectivity index (χ2v) is 9.03. The molecule has 0 bridgehead atoms. The molecule has 0 radical (unpaired) electrons. The van der Waals surface area contributed by atoms with Crippen molar-refractivity contribution < 1.29 is 32.2 Å². The van der Waals surface area contributed by atoms with E-state index in [0.717, 1.165) is 18.1 Å². The number of H-pyrrole nitrogens is 1. The number of carbonyl (C=O) groups excluding carboxylic acids is 2. The fourth-order valence-corrected chi connectivity index (χ4v) is 4.62. The van der Waals surface area contributed by atoms with E-state index >= 15 is 0 Å². The first kappa shape index (κ1) is 25.6. The molecule has 1 N–H and O–H groups in total. The summed E-state index contributed by atoms with van der Waals surface area (Å²) < 4.78 is 52.1. The number of carbonyl (C=O) groups is 2. The number of hydrogen-bond acceptors (Lipinski definition) is 5. The Kier molecular flexibility index (Phi) is 6.99. The molecule has 1 fully saturated rings. The Hall–Kier alpha value is -3.53. The van der Waals surface area contributed by atoms with Gasteiger partial charge >= 0.3 is 5.97 Å². The van der Waals surface area contributed by atoms with Gasteiger partial charge in [-0.1, -0.05) is 11.6 Å². The lowest BCUT2D eigenvalue weighted by atomic mass is 9.95. The van der Waals surface area contributed by atoms with Gasteiger partial charge in [-0.3, -0.25) is 14.4 Å². The standard InChI is InChI=1S/C25H22ClF3N2O5/c1-13(23(33)31-11-14(24(34)35-2)9-25(28,29)12-31)36-16-4-6-17-19(8-16)22(32)30-10-20(17)18-5-3-15(27)7-21(18)26/h3-8,10,13-14H,9,11-12H2,1-2H3,(H,30,32)/t13-,14-/m1/s1. The van der Waals surface area contributed by atoms with Gasteiger partial charge in [-0.05, 0) is 48.7 Å². The lowest BCUT2D eigenvalue weighted by molar-refractivity contribution is -0.164. The van der Waals surface area contributed by atoms with Crippen LogP contribution in [-0.4, -0.2) is 54.0 Å². The Morgan fingerprint density at radius 2 is 1.92 bits per heavy atom. The fourth-order valence-electron chi connectivity index (χ4n) is 4.35. The summed E-state index contributed by atoms with van der Waals surface area (Å²) in [6.45, 7) is 0.339. The maximum atomic E-state index is 14.2. The minimum absolute atomic E-state index is 0.157. The molecule has 0 saturated carbocycles. The number of hydrogen-bond donors (Lipinski definition) is 1. The van der Waals surface area contributed by atoms with Crippen LogP contribution in [0.5, 0.6) is 5.75 Å². The third-order valence-electron chi connectivity index (χ3n) is 6.01. The number of aromatic amines is 1. The van der Waals surface area contributed by atoms with E-state index in [1.165, 1.54) is 37.4 Å². The van der Waals surface area contributed by atoms with E-state index < -0.39 is 54.2 Å². The van der Waals surface area contributed by atoms with E-state index in [0.29, 0.717) is 16.5 Å². The normalized spacial score (nSPS) is 18.1. The largest absolute Gasteiger partial charge is 0.481 e. The maximum absolute atomic E-state index is 14.2. The quantitative estimate of drug-likeness (QED) is 0.501. The number of aromatic nitrogens is 1. The van der Waals surface area contributed by atoms with E-state index in [1.807, 2.05) is 0 Å². The number of nitrogens with one attached hydrogen (secondary N) is 1. The van der Waals surface area contributed by atoms with Gasteiger partial charge in [0.2, 0.25) is 0 Å². The molecule has 2 atom stereocenters. The van der Waals surface area contributed by atoms with Crippen LogP contribution in [0.4, 0.5) is 13.2 Å². The highest BCUT2D eigenvalue weighted by Crippen LogP contribution is 2.34. The number of fused-ring (bicyclic) bond motifs is 1. The SMILES string of the molecule is COC(=O)[C@H]1CN(C(=O)[C@@H](C)Oc2ccc3c(-c4ccc(F)cc4Cl)c[nH]c(=O)c3c2)CC(F)(F)C1. The van der Waals surface area contributed by atoms with Crippen molar-refractivity contribution in [2.24, 2.45) is 5.92 Å². The Bertz CT molecular complexity index is 1390. The van der Waals surface area contributed by atoms with Crippen LogP contribution < -0.4 is 10.3 Å². The number of nitrogens with zero attached hydrogens (tertiary/aromatic N) is 1. The van der Waals surface area contributed by atoms with Crippen molar-refractivity contribution in [1.29, 1.82) is 0 Å². The molecule has 36 heavy (non-hydrogen) atoms. The van der Waals surface area contributed by atoms with E-state index in [1.54, 1.807) is 6.07 Å². The van der Waals surface area contributed by atoms with Crippen molar-refractivity contribution in [1.82, 2.24) is 9.88 Å². The summed E-state index contributed by atoms with van der Waals surface area (Å²) in [5.41, 5.74) is 0.616. The van der Waals surface area contributed by atoms with Gasteiger partial charge in [-0.25, -0.2) is 13.2 Å². The van der Waals surface area contributed by atoms with Crippen molar-refractivity contribution >= 4 is 34.2 Å². The molecular formula is C25H22ClF3N2O5. The van der Waals surface area contributed by atoms with Crippen molar-refractivity contribution in [2.75, 3.05) is 20.2 Å². The molecule has 0 unspecified atom stereocenters. The molecule has 1 aliphatic heterocycles. The number of rotatable bonds is 5. The molecule has 1 aromatic heterocycles. The van der Waals surface area contributed by atoms with Gasteiger partial charge in [-0.2, -0.15) is 0 Å². The van der Waals surface area contributed by atoms with Crippen LogP contribution in [0.2, 0.25) is 5.02 Å². The van der Waals surface area contributed by atoms with Gasteiger partial charge in [0.05, 0.1) is 30.0 Å². The second-order valence-electron chi connectivity index (χ2n) is 8.62. The van der Waals surface area contributed by atoms with Crippen LogP contribution in [-0.2, 0) is 14.3 Å². The van der Waals surface area contributed by atoms with Crippen LogP contribution >= 0.6 is 11.6 Å². The van der Waals surface area contributed by atoms with Gasteiger partial charge < -0.3 is 19.4 Å². The minimum atomic E-state index is -3.25. The summed E-state index contributed by atoms with van der Waals surface area (Å²) in [4.78, 5) is 40.7. The molecular weight excluding hydrogens is 501 g/mol. The lowest BCUT2D eigenvalue weighted by Crippen LogP contribution is -2.54. The smallest absolute Gasteiger partial charge is 0.310 e. The molecule has 3 aromatic rings. The van der Waals surface area contributed by atoms with Crippen LogP contribution in [0.1, 0.15) is 13.3 Å². The number of halogens is 4. The Labute approximate surface area is 208 Å². The number of amides is 1. The zero-order valence-corrected chi connectivity index (χ0v) is 20.1. The fraction of sp³-hybridized carbons (Fsp3) is 0.320. The number of benzene rings is 2.